The molecule has 0 saturated heterocycles. The largest absolute Gasteiger partial charge is 0.394 e. The van der Waals surface area contributed by atoms with Gasteiger partial charge in [0.25, 0.3) is 5.91 Å². The Balaban J connectivity index is 2.50. The molecule has 0 aliphatic rings. The third kappa shape index (κ3) is 3.83. The van der Waals surface area contributed by atoms with E-state index in [0.717, 1.165) is 0 Å². The first-order valence-corrected chi connectivity index (χ1v) is 4.70. The first-order chi connectivity index (χ1) is 7.13. The second-order valence-electron chi connectivity index (χ2n) is 2.92. The van der Waals surface area contributed by atoms with Crippen LogP contribution in [0.5, 0.6) is 0 Å². The minimum atomic E-state index is -0.950. The van der Waals surface area contributed by atoms with Crippen LogP contribution >= 0.6 is 11.6 Å². The second-order valence-corrected chi connectivity index (χ2v) is 3.30. The van der Waals surface area contributed by atoms with Gasteiger partial charge in [-0.1, -0.05) is 11.6 Å². The number of carbonyl (C=O) groups excluding carboxylic acids is 1. The lowest BCUT2D eigenvalue weighted by molar-refractivity contribution is 0.0801. The SMILES string of the molecule is O=C(NCC(O)CO)c1ccc(Cl)nc1. The molecule has 0 spiro atoms. The lowest BCUT2D eigenvalue weighted by atomic mass is 10.2. The quantitative estimate of drug-likeness (QED) is 0.627. The Labute approximate surface area is 91.7 Å². The maximum Gasteiger partial charge on any atom is 0.252 e. The molecule has 1 heterocycles. The Morgan fingerprint density at radius 1 is 1.60 bits per heavy atom. The molecule has 3 N–H and O–H groups in total. The van der Waals surface area contributed by atoms with Crippen molar-refractivity contribution >= 4 is 17.5 Å². The van der Waals surface area contributed by atoms with Crippen LogP contribution in [0.15, 0.2) is 18.3 Å². The van der Waals surface area contributed by atoms with Crippen molar-refractivity contribution < 1.29 is 15.0 Å². The van der Waals surface area contributed by atoms with Crippen LogP contribution in [0.4, 0.5) is 0 Å². The summed E-state index contributed by atoms with van der Waals surface area (Å²) in [6, 6.07) is 3.02. The highest BCUT2D eigenvalue weighted by molar-refractivity contribution is 6.29. The average molecular weight is 231 g/mol. The van der Waals surface area contributed by atoms with E-state index >= 15 is 0 Å². The normalized spacial score (nSPS) is 12.2. The molecule has 1 atom stereocenters. The van der Waals surface area contributed by atoms with Crippen LogP contribution in [0.1, 0.15) is 10.4 Å². The van der Waals surface area contributed by atoms with Gasteiger partial charge in [0.15, 0.2) is 0 Å². The summed E-state index contributed by atoms with van der Waals surface area (Å²) in [5.74, 6) is -0.369. The molecule has 5 nitrogen and oxygen atoms in total. The van der Waals surface area contributed by atoms with E-state index in [0.29, 0.717) is 10.7 Å². The van der Waals surface area contributed by atoms with Crippen molar-refractivity contribution in [3.05, 3.63) is 29.0 Å². The number of aliphatic hydroxyl groups excluding tert-OH is 2. The van der Waals surface area contributed by atoms with E-state index in [9.17, 15) is 4.79 Å². The number of carbonyl (C=O) groups is 1. The number of nitrogens with one attached hydrogen (secondary N) is 1. The standard InChI is InChI=1S/C9H11ClN2O3/c10-8-2-1-6(3-11-8)9(15)12-4-7(14)5-13/h1-3,7,13-14H,4-5H2,(H,12,15). The van der Waals surface area contributed by atoms with Crippen LogP contribution in [-0.2, 0) is 0 Å². The van der Waals surface area contributed by atoms with Gasteiger partial charge in [-0.05, 0) is 12.1 Å². The molecule has 82 valence electrons. The topological polar surface area (TPSA) is 82.5 Å². The predicted molar refractivity (Wildman–Crippen MR) is 54.7 cm³/mol. The summed E-state index contributed by atoms with van der Waals surface area (Å²) in [7, 11) is 0. The fraction of sp³-hybridized carbons (Fsp3) is 0.333. The Bertz CT molecular complexity index is 329. The minimum absolute atomic E-state index is 0.00202. The predicted octanol–water partition coefficient (Wildman–Crippen LogP) is -0.182. The molecule has 15 heavy (non-hydrogen) atoms. The van der Waals surface area contributed by atoms with Gasteiger partial charge >= 0.3 is 0 Å². The highest BCUT2D eigenvalue weighted by Crippen LogP contribution is 2.04. The van der Waals surface area contributed by atoms with Gasteiger partial charge in [0.05, 0.1) is 18.3 Å². The number of hydrogen-bond acceptors (Lipinski definition) is 4. The third-order valence-electron chi connectivity index (χ3n) is 1.70. The molecule has 0 bridgehead atoms. The van der Waals surface area contributed by atoms with Crippen molar-refractivity contribution in [3.8, 4) is 0 Å². The molecule has 1 aromatic rings. The number of halogens is 1. The smallest absolute Gasteiger partial charge is 0.252 e. The van der Waals surface area contributed by atoms with Gasteiger partial charge < -0.3 is 15.5 Å². The van der Waals surface area contributed by atoms with Gasteiger partial charge in [0, 0.05) is 12.7 Å². The Hall–Kier alpha value is -1.17. The summed E-state index contributed by atoms with van der Waals surface area (Å²) in [4.78, 5) is 15.1. The molecule has 0 aliphatic heterocycles. The van der Waals surface area contributed by atoms with Crippen LogP contribution in [0.25, 0.3) is 0 Å². The van der Waals surface area contributed by atoms with Crippen LogP contribution in [-0.4, -0.2) is 40.4 Å². The van der Waals surface area contributed by atoms with E-state index in [4.69, 9.17) is 21.8 Å². The summed E-state index contributed by atoms with van der Waals surface area (Å²) < 4.78 is 0. The number of aromatic nitrogens is 1. The zero-order valence-corrected chi connectivity index (χ0v) is 8.61. The lowest BCUT2D eigenvalue weighted by Crippen LogP contribution is -2.33. The molecule has 1 amide bonds. The van der Waals surface area contributed by atoms with Crippen molar-refractivity contribution in [2.75, 3.05) is 13.2 Å². The lowest BCUT2D eigenvalue weighted by Gasteiger charge is -2.08. The molecule has 0 aromatic carbocycles. The molecule has 0 radical (unpaired) electrons. The minimum Gasteiger partial charge on any atom is -0.394 e. The van der Waals surface area contributed by atoms with E-state index in [1.165, 1.54) is 18.3 Å². The van der Waals surface area contributed by atoms with E-state index < -0.39 is 6.10 Å². The fourth-order valence-corrected chi connectivity index (χ4v) is 0.999. The molecular formula is C9H11ClN2O3. The van der Waals surface area contributed by atoms with Crippen molar-refractivity contribution in [1.82, 2.24) is 10.3 Å². The number of aliphatic hydroxyl groups is 2. The van der Waals surface area contributed by atoms with Gasteiger partial charge in [-0.2, -0.15) is 0 Å². The molecule has 6 heteroatoms. The molecule has 1 aromatic heterocycles. The van der Waals surface area contributed by atoms with Gasteiger partial charge in [-0.25, -0.2) is 4.98 Å². The molecule has 1 unspecified atom stereocenters. The van der Waals surface area contributed by atoms with Crippen LogP contribution in [0, 0.1) is 0 Å². The number of rotatable bonds is 4. The highest BCUT2D eigenvalue weighted by Gasteiger charge is 2.08. The highest BCUT2D eigenvalue weighted by atomic mass is 35.5. The van der Waals surface area contributed by atoms with Crippen molar-refractivity contribution in [1.29, 1.82) is 0 Å². The third-order valence-corrected chi connectivity index (χ3v) is 1.92. The second kappa shape index (κ2) is 5.65. The summed E-state index contributed by atoms with van der Waals surface area (Å²) in [5.41, 5.74) is 0.351. The summed E-state index contributed by atoms with van der Waals surface area (Å²) in [5, 5.41) is 20.3. The number of pyridine rings is 1. The summed E-state index contributed by atoms with van der Waals surface area (Å²) in [6.07, 6.45) is 0.386. The van der Waals surface area contributed by atoms with Crippen LogP contribution in [0.2, 0.25) is 5.15 Å². The Morgan fingerprint density at radius 3 is 2.87 bits per heavy atom. The van der Waals surface area contributed by atoms with Crippen molar-refractivity contribution in [2.45, 2.75) is 6.10 Å². The maximum atomic E-state index is 11.4. The fourth-order valence-electron chi connectivity index (χ4n) is 0.887. The monoisotopic (exact) mass is 230 g/mol. The molecule has 0 fully saturated rings. The molecule has 0 aliphatic carbocycles. The Morgan fingerprint density at radius 2 is 2.33 bits per heavy atom. The van der Waals surface area contributed by atoms with Crippen molar-refractivity contribution in [3.63, 3.8) is 0 Å². The van der Waals surface area contributed by atoms with E-state index in [-0.39, 0.29) is 19.1 Å². The van der Waals surface area contributed by atoms with Crippen LogP contribution < -0.4 is 5.32 Å². The summed E-state index contributed by atoms with van der Waals surface area (Å²) >= 11 is 5.55. The molecule has 0 saturated carbocycles. The van der Waals surface area contributed by atoms with Crippen LogP contribution in [0.3, 0.4) is 0 Å². The first-order valence-electron chi connectivity index (χ1n) is 4.32. The van der Waals surface area contributed by atoms with Gasteiger partial charge in [0.2, 0.25) is 0 Å². The van der Waals surface area contributed by atoms with Gasteiger partial charge in [-0.15, -0.1) is 0 Å². The average Bonchev–Trinajstić information content (AvgIpc) is 2.26. The summed E-state index contributed by atoms with van der Waals surface area (Å²) in [6.45, 7) is -0.392. The maximum absolute atomic E-state index is 11.4. The first kappa shape index (κ1) is 11.9. The number of amides is 1. The van der Waals surface area contributed by atoms with E-state index in [2.05, 4.69) is 10.3 Å². The Kier molecular flexibility index (Phi) is 4.48. The molecular weight excluding hydrogens is 220 g/mol. The molecule has 1 rings (SSSR count). The zero-order valence-electron chi connectivity index (χ0n) is 7.85. The van der Waals surface area contributed by atoms with E-state index in [1.54, 1.807) is 0 Å². The van der Waals surface area contributed by atoms with Gasteiger partial charge in [-0.3, -0.25) is 4.79 Å². The number of hydrogen-bond donors (Lipinski definition) is 3. The zero-order chi connectivity index (χ0) is 11.3. The van der Waals surface area contributed by atoms with Crippen molar-refractivity contribution in [2.24, 2.45) is 0 Å². The van der Waals surface area contributed by atoms with E-state index in [1.807, 2.05) is 0 Å². The number of nitrogens with zero attached hydrogens (tertiary/aromatic N) is 1. The van der Waals surface area contributed by atoms with Gasteiger partial charge in [0.1, 0.15) is 5.15 Å².